The molecule has 33 heavy (non-hydrogen) atoms. The minimum atomic E-state index is -1.11. The molecule has 2 aliphatic heterocycles. The number of carbonyl (C=O) groups is 2. The molecule has 4 N–H and O–H groups in total. The number of amides is 2. The van der Waals surface area contributed by atoms with Gasteiger partial charge in [0.25, 0.3) is 17.4 Å². The van der Waals surface area contributed by atoms with Crippen LogP contribution in [0, 0.1) is 11.7 Å². The maximum Gasteiger partial charge on any atom is 0.342 e. The number of hydrogen-bond acceptors (Lipinski definition) is 7. The van der Waals surface area contributed by atoms with E-state index in [0.717, 1.165) is 0 Å². The Balaban J connectivity index is 1.38. The lowest BCUT2D eigenvalue weighted by molar-refractivity contribution is -0.0308. The summed E-state index contributed by atoms with van der Waals surface area (Å²) in [5.41, 5.74) is -2.63. The van der Waals surface area contributed by atoms with Gasteiger partial charge in [0, 0.05) is 32.2 Å². The van der Waals surface area contributed by atoms with Crippen molar-refractivity contribution in [3.05, 3.63) is 56.1 Å². The number of halogens is 1. The minimum Gasteiger partial charge on any atom is -0.388 e. The van der Waals surface area contributed by atoms with Gasteiger partial charge in [0.05, 0.1) is 17.8 Å². The predicted octanol–water partition coefficient (Wildman–Crippen LogP) is -0.232. The van der Waals surface area contributed by atoms with Gasteiger partial charge in [-0.15, -0.1) is 0 Å². The summed E-state index contributed by atoms with van der Waals surface area (Å²) in [5, 5.41) is 19.5. The van der Waals surface area contributed by atoms with Crippen molar-refractivity contribution >= 4 is 17.5 Å². The fourth-order valence-corrected chi connectivity index (χ4v) is 4.62. The van der Waals surface area contributed by atoms with Gasteiger partial charge in [-0.3, -0.25) is 19.4 Å². The van der Waals surface area contributed by atoms with E-state index in [2.05, 4.69) is 10.4 Å². The number of β-amino-alcohol motifs (C(OH)–C–C–N with tert-alkyl or cyclic N) is 1. The van der Waals surface area contributed by atoms with Gasteiger partial charge in [-0.05, 0) is 43.4 Å². The topological polar surface area (TPSA) is 151 Å². The highest BCUT2D eigenvalue weighted by Gasteiger charge is 2.45. The standard InChI is InChI=1S/C21H25FN6O5/c1-23-15-3-2-12(10-14(15)22)18(30)28-9-6-21(33,11-28)13-4-7-27(8-5-13)19(31)16-17(29)24-20(32)26-25-16/h2-3,10,13,23,33H,4-9,11H2,1H3,(H2,24,26,29,32). The first-order valence-corrected chi connectivity index (χ1v) is 10.7. The number of nitrogens with one attached hydrogen (secondary N) is 3. The molecule has 0 radical (unpaired) electrons. The van der Waals surface area contributed by atoms with Crippen LogP contribution < -0.4 is 16.6 Å². The lowest BCUT2D eigenvalue weighted by Crippen LogP contribution is -2.49. The fraction of sp³-hybridized carbons (Fsp3) is 0.476. The summed E-state index contributed by atoms with van der Waals surface area (Å²) in [4.78, 5) is 53.3. The number of nitrogens with zero attached hydrogens (tertiary/aromatic N) is 3. The number of aliphatic hydroxyl groups is 1. The third kappa shape index (κ3) is 4.38. The van der Waals surface area contributed by atoms with Crippen LogP contribution in [0.3, 0.4) is 0 Å². The monoisotopic (exact) mass is 460 g/mol. The number of H-pyrrole nitrogens is 2. The summed E-state index contributed by atoms with van der Waals surface area (Å²) in [5.74, 6) is -1.60. The molecule has 2 aliphatic rings. The van der Waals surface area contributed by atoms with Crippen molar-refractivity contribution in [2.24, 2.45) is 5.92 Å². The minimum absolute atomic E-state index is 0.126. The van der Waals surface area contributed by atoms with Crippen LogP contribution in [0.2, 0.25) is 0 Å². The number of anilines is 1. The molecule has 1 aromatic carbocycles. The van der Waals surface area contributed by atoms with Crippen LogP contribution in [-0.4, -0.2) is 80.7 Å². The third-order valence-electron chi connectivity index (χ3n) is 6.51. The zero-order valence-corrected chi connectivity index (χ0v) is 18.1. The van der Waals surface area contributed by atoms with Gasteiger partial charge in [0.15, 0.2) is 0 Å². The highest BCUT2D eigenvalue weighted by atomic mass is 19.1. The predicted molar refractivity (Wildman–Crippen MR) is 116 cm³/mol. The molecular weight excluding hydrogens is 435 g/mol. The highest BCUT2D eigenvalue weighted by molar-refractivity contribution is 5.95. The highest BCUT2D eigenvalue weighted by Crippen LogP contribution is 2.36. The molecule has 12 heteroatoms. The lowest BCUT2D eigenvalue weighted by atomic mass is 9.80. The Labute approximate surface area is 187 Å². The van der Waals surface area contributed by atoms with Crippen LogP contribution >= 0.6 is 0 Å². The van der Waals surface area contributed by atoms with E-state index in [9.17, 15) is 28.7 Å². The molecule has 1 aromatic heterocycles. The van der Waals surface area contributed by atoms with Gasteiger partial charge in [-0.25, -0.2) is 14.3 Å². The molecule has 176 valence electrons. The van der Waals surface area contributed by atoms with Gasteiger partial charge in [-0.1, -0.05) is 0 Å². The number of rotatable bonds is 4. The molecule has 0 aliphatic carbocycles. The first-order valence-electron chi connectivity index (χ1n) is 10.7. The Morgan fingerprint density at radius 2 is 1.91 bits per heavy atom. The summed E-state index contributed by atoms with van der Waals surface area (Å²) >= 11 is 0. The molecule has 2 fully saturated rings. The number of hydrogen-bond donors (Lipinski definition) is 4. The van der Waals surface area contributed by atoms with Crippen molar-refractivity contribution in [1.29, 1.82) is 0 Å². The maximum atomic E-state index is 14.1. The molecule has 1 atom stereocenters. The van der Waals surface area contributed by atoms with E-state index in [-0.39, 0.29) is 29.6 Å². The van der Waals surface area contributed by atoms with E-state index in [1.807, 2.05) is 10.1 Å². The van der Waals surface area contributed by atoms with Crippen molar-refractivity contribution in [2.45, 2.75) is 24.9 Å². The summed E-state index contributed by atoms with van der Waals surface area (Å²) in [6.07, 6.45) is 1.35. The van der Waals surface area contributed by atoms with Gasteiger partial charge in [0.2, 0.25) is 5.69 Å². The largest absolute Gasteiger partial charge is 0.388 e. The van der Waals surface area contributed by atoms with Crippen LogP contribution in [0.25, 0.3) is 0 Å². The number of carbonyl (C=O) groups excluding carboxylic acids is 2. The van der Waals surface area contributed by atoms with E-state index in [1.54, 1.807) is 13.1 Å². The molecular formula is C21H25FN6O5. The van der Waals surface area contributed by atoms with Crippen LogP contribution in [0.1, 0.15) is 40.1 Å². The van der Waals surface area contributed by atoms with E-state index >= 15 is 0 Å². The Morgan fingerprint density at radius 3 is 2.55 bits per heavy atom. The zero-order valence-electron chi connectivity index (χ0n) is 18.1. The van der Waals surface area contributed by atoms with Crippen molar-refractivity contribution in [3.63, 3.8) is 0 Å². The molecule has 11 nitrogen and oxygen atoms in total. The van der Waals surface area contributed by atoms with Gasteiger partial charge >= 0.3 is 5.69 Å². The molecule has 0 bridgehead atoms. The number of benzene rings is 1. The second-order valence-electron chi connectivity index (χ2n) is 8.45. The summed E-state index contributed by atoms with van der Waals surface area (Å²) < 4.78 is 14.1. The molecule has 0 saturated carbocycles. The van der Waals surface area contributed by atoms with Crippen LogP contribution in [0.4, 0.5) is 10.1 Å². The fourth-order valence-electron chi connectivity index (χ4n) is 4.62. The second kappa shape index (κ2) is 8.77. The van der Waals surface area contributed by atoms with E-state index < -0.39 is 28.6 Å². The van der Waals surface area contributed by atoms with E-state index in [0.29, 0.717) is 44.6 Å². The number of piperidine rings is 1. The number of aromatic amines is 2. The first-order chi connectivity index (χ1) is 15.7. The Kier molecular flexibility index (Phi) is 6.02. The first kappa shape index (κ1) is 22.6. The van der Waals surface area contributed by atoms with Crippen molar-refractivity contribution in [1.82, 2.24) is 25.0 Å². The van der Waals surface area contributed by atoms with Crippen LogP contribution in [-0.2, 0) is 0 Å². The van der Waals surface area contributed by atoms with Crippen molar-refractivity contribution < 1.29 is 19.1 Å². The Morgan fingerprint density at radius 1 is 1.18 bits per heavy atom. The quantitative estimate of drug-likeness (QED) is 0.492. The SMILES string of the molecule is CNc1ccc(C(=O)N2CCC(O)(C3CCN(C(=O)c4n[nH]c(=O)[nH]c4=O)CC3)C2)cc1F. The normalized spacial score (nSPS) is 21.3. The molecule has 0 spiro atoms. The number of likely N-dealkylation sites (tertiary alicyclic amines) is 2. The average molecular weight is 460 g/mol. The lowest BCUT2D eigenvalue weighted by Gasteiger charge is -2.39. The van der Waals surface area contributed by atoms with Gasteiger partial charge < -0.3 is 20.2 Å². The van der Waals surface area contributed by atoms with Gasteiger partial charge in [0.1, 0.15) is 5.82 Å². The molecule has 2 aromatic rings. The molecule has 2 amide bonds. The smallest absolute Gasteiger partial charge is 0.342 e. The van der Waals surface area contributed by atoms with Crippen molar-refractivity contribution in [2.75, 3.05) is 38.5 Å². The van der Waals surface area contributed by atoms with Crippen LogP contribution in [0.5, 0.6) is 0 Å². The zero-order chi connectivity index (χ0) is 23.8. The van der Waals surface area contributed by atoms with Crippen LogP contribution in [0.15, 0.2) is 27.8 Å². The molecule has 3 heterocycles. The Bertz CT molecular complexity index is 1190. The average Bonchev–Trinajstić information content (AvgIpc) is 3.21. The van der Waals surface area contributed by atoms with E-state index in [1.165, 1.54) is 21.9 Å². The molecule has 1 unspecified atom stereocenters. The molecule has 2 saturated heterocycles. The van der Waals surface area contributed by atoms with Crippen molar-refractivity contribution in [3.8, 4) is 0 Å². The van der Waals surface area contributed by atoms with E-state index in [4.69, 9.17) is 0 Å². The second-order valence-corrected chi connectivity index (χ2v) is 8.45. The molecule has 4 rings (SSSR count). The number of aromatic nitrogens is 3. The third-order valence-corrected chi connectivity index (χ3v) is 6.51. The maximum absolute atomic E-state index is 14.1. The Hall–Kier alpha value is -3.54. The summed E-state index contributed by atoms with van der Waals surface area (Å²) in [6, 6.07) is 4.23. The summed E-state index contributed by atoms with van der Waals surface area (Å²) in [6.45, 7) is 1.08. The van der Waals surface area contributed by atoms with Gasteiger partial charge in [-0.2, -0.15) is 5.10 Å². The summed E-state index contributed by atoms with van der Waals surface area (Å²) in [7, 11) is 1.59.